The maximum atomic E-state index is 9.87. The average Bonchev–Trinajstić information content (AvgIpc) is 2.41. The molecule has 0 aliphatic heterocycles. The standard InChI is InChI=1S/C13H32N3P.F6P/c1-8-12(14(5)9-2)13(17,15(6)10-3)16(7)11-4;1-7(2,3,4,5)6/h12H,8-11,17H2,1-7H3;/q;-1/p+1. The van der Waals surface area contributed by atoms with E-state index in [1.54, 1.807) is 0 Å². The Hall–Kier alpha value is 0.320. The van der Waals surface area contributed by atoms with Crippen LogP contribution in [0.3, 0.4) is 0 Å². The van der Waals surface area contributed by atoms with Gasteiger partial charge in [-0.3, -0.25) is 14.7 Å². The molecule has 0 aromatic carbocycles. The van der Waals surface area contributed by atoms with Gasteiger partial charge in [-0.15, -0.1) is 0 Å². The van der Waals surface area contributed by atoms with E-state index in [0.717, 1.165) is 19.6 Å². The Morgan fingerprint density at radius 1 is 0.792 bits per heavy atom. The van der Waals surface area contributed by atoms with E-state index in [1.165, 1.54) is 6.42 Å². The maximum absolute atomic E-state index is 10.7. The van der Waals surface area contributed by atoms with Crippen LogP contribution in [-0.4, -0.2) is 66.9 Å². The monoisotopic (exact) mass is 407 g/mol. The summed E-state index contributed by atoms with van der Waals surface area (Å²) in [6.45, 7) is 12.3. The molecule has 0 aliphatic rings. The summed E-state index contributed by atoms with van der Waals surface area (Å²) in [4.78, 5) is 7.44. The number of hydrogen-bond donors (Lipinski definition) is 0. The van der Waals surface area contributed by atoms with E-state index in [4.69, 9.17) is 0 Å². The van der Waals surface area contributed by atoms with Crippen LogP contribution in [0.1, 0.15) is 34.1 Å². The van der Waals surface area contributed by atoms with Gasteiger partial charge in [0.25, 0.3) is 0 Å². The van der Waals surface area contributed by atoms with Crippen molar-refractivity contribution in [1.29, 1.82) is 0 Å². The zero-order valence-electron chi connectivity index (χ0n) is 15.7. The van der Waals surface area contributed by atoms with E-state index < -0.39 is 7.81 Å². The molecule has 0 amide bonds. The molecule has 0 aliphatic carbocycles. The van der Waals surface area contributed by atoms with Crippen molar-refractivity contribution < 1.29 is 25.2 Å². The van der Waals surface area contributed by atoms with Crippen LogP contribution in [0.15, 0.2) is 0 Å². The Kier molecular flexibility index (Phi) is 9.23. The van der Waals surface area contributed by atoms with Gasteiger partial charge in [0.2, 0.25) is 0 Å². The Balaban J connectivity index is 0. The molecule has 0 heterocycles. The fourth-order valence-electron chi connectivity index (χ4n) is 2.56. The molecule has 2 atom stereocenters. The van der Waals surface area contributed by atoms with Crippen LogP contribution in [0.4, 0.5) is 25.2 Å². The van der Waals surface area contributed by atoms with Crippen LogP contribution in [0, 0.1) is 0 Å². The second kappa shape index (κ2) is 8.34. The summed E-state index contributed by atoms with van der Waals surface area (Å²) < 4.78 is 59.2. The molecule has 0 radical (unpaired) electrons. The number of nitrogens with zero attached hydrogens (tertiary/aromatic N) is 3. The first-order valence-electron chi connectivity index (χ1n) is 7.89. The Bertz CT molecular complexity index is 355. The van der Waals surface area contributed by atoms with Crippen molar-refractivity contribution in [3.63, 3.8) is 0 Å². The second-order valence-corrected chi connectivity index (χ2v) is 8.82. The summed E-state index contributed by atoms with van der Waals surface area (Å²) >= 11 is 0. The molecule has 0 fully saturated rings. The molecular weight excluding hydrogens is 374 g/mol. The topological polar surface area (TPSA) is 9.72 Å². The average molecular weight is 407 g/mol. The van der Waals surface area contributed by atoms with E-state index in [9.17, 15) is 25.2 Å². The van der Waals surface area contributed by atoms with Crippen LogP contribution in [0.25, 0.3) is 0 Å². The molecule has 0 aromatic heterocycles. The fraction of sp³-hybridized carbons (Fsp3) is 1.00. The van der Waals surface area contributed by atoms with Gasteiger partial charge in [-0.1, -0.05) is 27.7 Å². The Morgan fingerprint density at radius 2 is 1.08 bits per heavy atom. The quantitative estimate of drug-likeness (QED) is 0.309. The van der Waals surface area contributed by atoms with Crippen LogP contribution in [0.2, 0.25) is 0 Å². The number of likely N-dealkylation sites (N-methyl/N-ethyl adjacent to an activating group) is 3. The van der Waals surface area contributed by atoms with Crippen molar-refractivity contribution in [3.8, 4) is 0 Å². The first-order chi connectivity index (χ1) is 10.3. The summed E-state index contributed by atoms with van der Waals surface area (Å²) in [5.74, 6) is 0. The summed E-state index contributed by atoms with van der Waals surface area (Å²) in [6.07, 6.45) is 1.18. The first kappa shape index (κ1) is 26.5. The van der Waals surface area contributed by atoms with E-state index in [-0.39, 0.29) is 5.40 Å². The van der Waals surface area contributed by atoms with Gasteiger partial charge in [0.1, 0.15) is 0 Å². The van der Waals surface area contributed by atoms with E-state index >= 15 is 0 Å². The number of hydrogen-bond acceptors (Lipinski definition) is 3. The van der Waals surface area contributed by atoms with Gasteiger partial charge in [-0.05, 0) is 34.1 Å². The first-order valence-corrected chi connectivity index (χ1v) is 10.6. The second-order valence-electron chi connectivity index (χ2n) is 5.86. The van der Waals surface area contributed by atoms with Crippen molar-refractivity contribution in [3.05, 3.63) is 0 Å². The number of halogens is 6. The summed E-state index contributed by atoms with van der Waals surface area (Å²) in [7, 11) is -1.80. The molecule has 24 heavy (non-hydrogen) atoms. The normalized spacial score (nSPS) is 17.5. The zero-order chi connectivity index (χ0) is 20.0. The Labute approximate surface area is 144 Å². The van der Waals surface area contributed by atoms with Gasteiger partial charge in [-0.2, -0.15) is 0 Å². The van der Waals surface area contributed by atoms with Crippen molar-refractivity contribution in [2.24, 2.45) is 0 Å². The van der Waals surface area contributed by atoms with Crippen molar-refractivity contribution in [2.45, 2.75) is 45.6 Å². The minimum absolute atomic E-state index is 0.128. The van der Waals surface area contributed by atoms with Gasteiger partial charge in [0, 0.05) is 22.3 Å². The zero-order valence-corrected chi connectivity index (χ0v) is 18.0. The van der Waals surface area contributed by atoms with Crippen LogP contribution < -0.4 is 0 Å². The molecule has 0 rings (SSSR count). The van der Waals surface area contributed by atoms with Gasteiger partial charge in [0.05, 0.1) is 6.04 Å². The molecule has 0 saturated carbocycles. The molecule has 0 N–H and O–H groups in total. The molecule has 0 aromatic rings. The van der Waals surface area contributed by atoms with Crippen LogP contribution in [-0.2, 0) is 0 Å². The number of rotatable bonds is 8. The minimum atomic E-state index is -10.7. The summed E-state index contributed by atoms with van der Waals surface area (Å²) in [6, 6.07) is 0.570. The van der Waals surface area contributed by atoms with E-state index in [1.807, 2.05) is 0 Å². The molecule has 2 unspecified atom stereocenters. The SMILES string of the molecule is CCC(N(C)CC)C([PH3+])(N(C)CC)N(C)CC.F[P-](F)(F)(F)(F)F. The van der Waals surface area contributed by atoms with Gasteiger partial charge >= 0.3 is 33.0 Å². The van der Waals surface area contributed by atoms with Crippen molar-refractivity contribution in [2.75, 3.05) is 40.8 Å². The van der Waals surface area contributed by atoms with Crippen molar-refractivity contribution in [1.82, 2.24) is 14.7 Å². The molecule has 11 heteroatoms. The third-order valence-electron chi connectivity index (χ3n) is 4.22. The van der Waals surface area contributed by atoms with Gasteiger partial charge in [0.15, 0.2) is 5.40 Å². The predicted molar refractivity (Wildman–Crippen MR) is 96.4 cm³/mol. The third kappa shape index (κ3) is 11.0. The van der Waals surface area contributed by atoms with Crippen molar-refractivity contribution >= 4 is 17.0 Å². The van der Waals surface area contributed by atoms with E-state index in [0.29, 0.717) is 6.04 Å². The Morgan fingerprint density at radius 3 is 1.25 bits per heavy atom. The van der Waals surface area contributed by atoms with Gasteiger partial charge < -0.3 is 0 Å². The molecular formula is C13H33F6N3P2. The molecule has 0 saturated heterocycles. The van der Waals surface area contributed by atoms with Crippen LogP contribution >= 0.6 is 17.0 Å². The molecule has 3 nitrogen and oxygen atoms in total. The summed E-state index contributed by atoms with van der Waals surface area (Å²) in [5.41, 5.74) is 0. The van der Waals surface area contributed by atoms with Crippen LogP contribution in [0.5, 0.6) is 0 Å². The molecule has 0 spiro atoms. The molecule has 152 valence electrons. The molecule has 0 bridgehead atoms. The van der Waals surface area contributed by atoms with Gasteiger partial charge in [-0.25, -0.2) is 0 Å². The predicted octanol–water partition coefficient (Wildman–Crippen LogP) is 5.26. The third-order valence-corrected chi connectivity index (χ3v) is 5.77. The van der Waals surface area contributed by atoms with E-state index in [2.05, 4.69) is 72.8 Å². The fourth-order valence-corrected chi connectivity index (χ4v) is 3.61. The summed E-state index contributed by atoms with van der Waals surface area (Å²) in [5, 5.41) is 0.128.